The molecule has 1 N–H and O–H groups in total. The summed E-state index contributed by atoms with van der Waals surface area (Å²) in [5.41, 5.74) is 2.31. The first-order valence-corrected chi connectivity index (χ1v) is 6.38. The molecule has 0 fully saturated rings. The molecule has 0 aliphatic heterocycles. The van der Waals surface area contributed by atoms with E-state index in [1.54, 1.807) is 6.20 Å². The average molecular weight is 286 g/mol. The lowest BCUT2D eigenvalue weighted by Gasteiger charge is -2.07. The van der Waals surface area contributed by atoms with Crippen molar-refractivity contribution in [3.05, 3.63) is 72.3 Å². The zero-order valence-corrected chi connectivity index (χ0v) is 11.0. The molecular formula is C16H12F2N2O. The molecule has 2 aromatic carbocycles. The number of aromatic nitrogens is 1. The molecule has 0 aliphatic carbocycles. The highest BCUT2D eigenvalue weighted by molar-refractivity contribution is 5.60. The van der Waals surface area contributed by atoms with Crippen LogP contribution in [0.25, 0.3) is 11.3 Å². The second kappa shape index (κ2) is 5.75. The lowest BCUT2D eigenvalue weighted by molar-refractivity contribution is 0.572. The number of nitrogens with zero attached hydrogens (tertiary/aromatic N) is 1. The van der Waals surface area contributed by atoms with Gasteiger partial charge in [0.2, 0.25) is 0 Å². The fraction of sp³-hybridized carbons (Fsp3) is 0.0625. The number of rotatable bonds is 4. The van der Waals surface area contributed by atoms with Crippen LogP contribution in [0.15, 0.2) is 59.5 Å². The zero-order valence-electron chi connectivity index (χ0n) is 11.0. The molecule has 0 radical (unpaired) electrons. The summed E-state index contributed by atoms with van der Waals surface area (Å²) in [4.78, 5) is 3.86. The first-order valence-electron chi connectivity index (χ1n) is 6.38. The Labute approximate surface area is 120 Å². The molecule has 0 aliphatic rings. The van der Waals surface area contributed by atoms with Gasteiger partial charge < -0.3 is 9.73 Å². The van der Waals surface area contributed by atoms with Crippen molar-refractivity contribution >= 4 is 5.69 Å². The summed E-state index contributed by atoms with van der Waals surface area (Å²) < 4.78 is 31.4. The van der Waals surface area contributed by atoms with Crippen LogP contribution < -0.4 is 5.32 Å². The van der Waals surface area contributed by atoms with Gasteiger partial charge in [0.1, 0.15) is 11.6 Å². The van der Waals surface area contributed by atoms with Crippen molar-refractivity contribution in [2.24, 2.45) is 0 Å². The van der Waals surface area contributed by atoms with Crippen LogP contribution in [0.2, 0.25) is 0 Å². The maximum Gasteiger partial charge on any atom is 0.181 e. The quantitative estimate of drug-likeness (QED) is 0.780. The lowest BCUT2D eigenvalue weighted by Crippen LogP contribution is -2.00. The maximum atomic E-state index is 13.1. The van der Waals surface area contributed by atoms with Crippen LogP contribution in [0, 0.1) is 11.6 Å². The van der Waals surface area contributed by atoms with Gasteiger partial charge in [-0.05, 0) is 42.0 Å². The summed E-state index contributed by atoms with van der Waals surface area (Å²) in [5, 5.41) is 3.11. The fourth-order valence-electron chi connectivity index (χ4n) is 2.03. The third-order valence-corrected chi connectivity index (χ3v) is 3.02. The topological polar surface area (TPSA) is 38.1 Å². The largest absolute Gasteiger partial charge is 0.444 e. The Morgan fingerprint density at radius 2 is 1.71 bits per heavy atom. The van der Waals surface area contributed by atoms with Crippen molar-refractivity contribution in [3.63, 3.8) is 0 Å². The van der Waals surface area contributed by atoms with Crippen molar-refractivity contribution in [1.82, 2.24) is 4.98 Å². The lowest BCUT2D eigenvalue weighted by atomic mass is 10.1. The molecule has 0 spiro atoms. The van der Waals surface area contributed by atoms with E-state index in [1.807, 2.05) is 24.3 Å². The van der Waals surface area contributed by atoms with E-state index in [-0.39, 0.29) is 0 Å². The van der Waals surface area contributed by atoms with Crippen molar-refractivity contribution in [2.75, 3.05) is 5.32 Å². The first-order chi connectivity index (χ1) is 10.2. The van der Waals surface area contributed by atoms with Crippen LogP contribution >= 0.6 is 0 Å². The van der Waals surface area contributed by atoms with E-state index < -0.39 is 11.6 Å². The molecule has 1 aromatic heterocycles. The molecule has 0 unspecified atom stereocenters. The van der Waals surface area contributed by atoms with Crippen molar-refractivity contribution in [1.29, 1.82) is 0 Å². The summed E-state index contributed by atoms with van der Waals surface area (Å²) in [5.74, 6) is -0.464. The summed E-state index contributed by atoms with van der Waals surface area (Å²) in [6.45, 7) is 0.344. The Morgan fingerprint density at radius 1 is 1.00 bits per heavy atom. The number of oxazole rings is 1. The molecule has 0 saturated heterocycles. The second-order valence-electron chi connectivity index (χ2n) is 4.57. The van der Waals surface area contributed by atoms with Crippen molar-refractivity contribution in [2.45, 2.75) is 6.54 Å². The summed E-state index contributed by atoms with van der Waals surface area (Å²) in [6, 6.07) is 11.0. The second-order valence-corrected chi connectivity index (χ2v) is 4.57. The molecular weight excluding hydrogens is 274 g/mol. The Balaban J connectivity index is 1.68. The highest BCUT2D eigenvalue weighted by Gasteiger charge is 2.03. The average Bonchev–Trinajstić information content (AvgIpc) is 2.99. The van der Waals surface area contributed by atoms with Gasteiger partial charge in [0.25, 0.3) is 0 Å². The Hall–Kier alpha value is -2.69. The predicted octanol–water partition coefficient (Wildman–Crippen LogP) is 4.23. The highest BCUT2D eigenvalue weighted by atomic mass is 19.1. The molecule has 106 valence electrons. The Kier molecular flexibility index (Phi) is 3.64. The standard InChI is InChI=1S/C16H12F2N2O/c17-13-5-11(6-14(18)7-13)8-20-15-3-1-12(2-4-15)16-9-19-10-21-16/h1-7,9-10,20H,8H2. The van der Waals surface area contributed by atoms with Gasteiger partial charge in [0.15, 0.2) is 12.2 Å². The number of anilines is 1. The summed E-state index contributed by atoms with van der Waals surface area (Å²) in [6.07, 6.45) is 3.01. The fourth-order valence-corrected chi connectivity index (χ4v) is 2.03. The van der Waals surface area contributed by atoms with Crippen molar-refractivity contribution in [3.8, 4) is 11.3 Å². The molecule has 0 bridgehead atoms. The number of hydrogen-bond donors (Lipinski definition) is 1. The maximum absolute atomic E-state index is 13.1. The normalized spacial score (nSPS) is 10.6. The van der Waals surface area contributed by atoms with Crippen LogP contribution in [0.3, 0.4) is 0 Å². The smallest absolute Gasteiger partial charge is 0.181 e. The minimum Gasteiger partial charge on any atom is -0.444 e. The van der Waals surface area contributed by atoms with E-state index in [0.29, 0.717) is 17.9 Å². The van der Waals surface area contributed by atoms with Gasteiger partial charge in [-0.25, -0.2) is 13.8 Å². The van der Waals surface area contributed by atoms with Gasteiger partial charge in [-0.2, -0.15) is 0 Å². The highest BCUT2D eigenvalue weighted by Crippen LogP contribution is 2.21. The van der Waals surface area contributed by atoms with E-state index in [0.717, 1.165) is 17.3 Å². The summed E-state index contributed by atoms with van der Waals surface area (Å²) in [7, 11) is 0. The van der Waals surface area contributed by atoms with Crippen molar-refractivity contribution < 1.29 is 13.2 Å². The first kappa shape index (κ1) is 13.3. The number of halogens is 2. The molecule has 0 atom stereocenters. The van der Waals surface area contributed by atoms with E-state index in [1.165, 1.54) is 18.5 Å². The third-order valence-electron chi connectivity index (χ3n) is 3.02. The molecule has 3 rings (SSSR count). The minimum absolute atomic E-state index is 0.344. The van der Waals surface area contributed by atoms with Gasteiger partial charge in [-0.3, -0.25) is 0 Å². The van der Waals surface area contributed by atoms with Gasteiger partial charge >= 0.3 is 0 Å². The third kappa shape index (κ3) is 3.25. The van der Waals surface area contributed by atoms with Crippen LogP contribution in [-0.2, 0) is 6.54 Å². The van der Waals surface area contributed by atoms with Crippen LogP contribution in [-0.4, -0.2) is 4.98 Å². The van der Waals surface area contributed by atoms with E-state index in [2.05, 4.69) is 10.3 Å². The number of benzene rings is 2. The van der Waals surface area contributed by atoms with Crippen LogP contribution in [0.5, 0.6) is 0 Å². The van der Waals surface area contributed by atoms with Gasteiger partial charge in [0.05, 0.1) is 6.20 Å². The Bertz CT molecular complexity index is 704. The molecule has 0 saturated carbocycles. The van der Waals surface area contributed by atoms with E-state index in [4.69, 9.17) is 4.42 Å². The molecule has 21 heavy (non-hydrogen) atoms. The SMILES string of the molecule is Fc1cc(F)cc(CNc2ccc(-c3cnco3)cc2)c1. The van der Waals surface area contributed by atoms with E-state index in [9.17, 15) is 8.78 Å². The predicted molar refractivity (Wildman–Crippen MR) is 75.6 cm³/mol. The van der Waals surface area contributed by atoms with Gasteiger partial charge in [0, 0.05) is 23.9 Å². The molecule has 0 amide bonds. The molecule has 3 nitrogen and oxygen atoms in total. The molecule has 1 heterocycles. The summed E-state index contributed by atoms with van der Waals surface area (Å²) >= 11 is 0. The Morgan fingerprint density at radius 3 is 2.33 bits per heavy atom. The molecule has 3 aromatic rings. The monoisotopic (exact) mass is 286 g/mol. The molecule has 5 heteroatoms. The zero-order chi connectivity index (χ0) is 14.7. The van der Waals surface area contributed by atoms with Gasteiger partial charge in [-0.1, -0.05) is 0 Å². The van der Waals surface area contributed by atoms with Crippen LogP contribution in [0.1, 0.15) is 5.56 Å². The number of nitrogens with one attached hydrogen (secondary N) is 1. The minimum atomic E-state index is -0.576. The number of hydrogen-bond acceptors (Lipinski definition) is 3. The van der Waals surface area contributed by atoms with Gasteiger partial charge in [-0.15, -0.1) is 0 Å². The van der Waals surface area contributed by atoms with E-state index >= 15 is 0 Å². The van der Waals surface area contributed by atoms with Crippen LogP contribution in [0.4, 0.5) is 14.5 Å².